The molecule has 3 aromatic carbocycles. The number of fused-ring (bicyclic) bond motifs is 3. The van der Waals surface area contributed by atoms with Crippen molar-refractivity contribution >= 4 is 11.6 Å². The van der Waals surface area contributed by atoms with E-state index >= 15 is 0 Å². The molecule has 1 N–H and O–H groups in total. The molecule has 2 atom stereocenters. The van der Waals surface area contributed by atoms with Gasteiger partial charge in [0.1, 0.15) is 24.2 Å². The topological polar surface area (TPSA) is 79.7 Å². The van der Waals surface area contributed by atoms with Gasteiger partial charge in [-0.2, -0.15) is 10.1 Å². The Morgan fingerprint density at radius 1 is 0.838 bits per heavy atom. The van der Waals surface area contributed by atoms with Gasteiger partial charge in [-0.05, 0) is 43.7 Å². The molecule has 6 rings (SSSR count). The summed E-state index contributed by atoms with van der Waals surface area (Å²) in [5.74, 6) is 3.13. The Hall–Kier alpha value is -4.46. The normalized spacial score (nSPS) is 17.6. The van der Waals surface area contributed by atoms with E-state index in [1.807, 2.05) is 22.9 Å². The molecule has 0 radical (unpaired) electrons. The monoisotopic (exact) mass is 496 g/mol. The Kier molecular flexibility index (Phi) is 5.52. The van der Waals surface area contributed by atoms with Crippen molar-refractivity contribution < 1.29 is 18.9 Å². The average molecular weight is 497 g/mol. The summed E-state index contributed by atoms with van der Waals surface area (Å²) in [6.45, 7) is 4.16. The molecule has 0 aliphatic carbocycles. The predicted octanol–water partition coefficient (Wildman–Crippen LogP) is 5.48. The van der Waals surface area contributed by atoms with E-state index in [-0.39, 0.29) is 6.04 Å². The van der Waals surface area contributed by atoms with Crippen LogP contribution in [0.15, 0.2) is 66.5 Å². The van der Waals surface area contributed by atoms with E-state index in [4.69, 9.17) is 18.9 Å². The lowest BCUT2D eigenvalue weighted by Crippen LogP contribution is -2.32. The zero-order valence-electron chi connectivity index (χ0n) is 21.4. The fourth-order valence-corrected chi connectivity index (χ4v) is 5.18. The van der Waals surface area contributed by atoms with Gasteiger partial charge in [0, 0.05) is 16.7 Å². The molecule has 8 heteroatoms. The maximum Gasteiger partial charge on any atom is 0.226 e. The van der Waals surface area contributed by atoms with Crippen molar-refractivity contribution in [2.24, 2.45) is 0 Å². The van der Waals surface area contributed by atoms with E-state index in [2.05, 4.69) is 65.6 Å². The average Bonchev–Trinajstić information content (AvgIpc) is 3.39. The Morgan fingerprint density at radius 2 is 1.54 bits per heavy atom. The van der Waals surface area contributed by atoms with Gasteiger partial charge in [0.15, 0.2) is 11.5 Å². The summed E-state index contributed by atoms with van der Waals surface area (Å²) in [4.78, 5) is 4.52. The number of ether oxygens (including phenoxy) is 4. The number of nitrogens with one attached hydrogen (secondary N) is 1. The highest BCUT2D eigenvalue weighted by atomic mass is 16.5. The quantitative estimate of drug-likeness (QED) is 0.392. The number of aromatic nitrogens is 3. The maximum atomic E-state index is 6.77. The zero-order valence-corrected chi connectivity index (χ0v) is 21.4. The summed E-state index contributed by atoms with van der Waals surface area (Å²) in [5, 5.41) is 8.16. The van der Waals surface area contributed by atoms with Gasteiger partial charge in [0.05, 0.1) is 27.0 Å². The molecule has 8 nitrogen and oxygen atoms in total. The molecule has 2 aliphatic heterocycles. The molecule has 188 valence electrons. The van der Waals surface area contributed by atoms with Gasteiger partial charge >= 0.3 is 0 Å². The number of benzene rings is 3. The van der Waals surface area contributed by atoms with E-state index in [9.17, 15) is 0 Å². The second-order valence-corrected chi connectivity index (χ2v) is 9.25. The van der Waals surface area contributed by atoms with Crippen molar-refractivity contribution in [1.29, 1.82) is 0 Å². The standard InChI is InChI=1S/C29H28N4O4/c1-16-6-9-18(10-7-16)26-24-25(32-29-30-15-31-33(26)29)20-12-17(2)8-11-21(20)37-27(24)19-13-22(34-3)28(36-5)23(14-19)35-4/h6-15,26-27H,1-5H3,(H,30,31,32)/t26-,27+/m0/s1. The van der Waals surface area contributed by atoms with E-state index in [1.54, 1.807) is 27.7 Å². The van der Waals surface area contributed by atoms with Gasteiger partial charge in [-0.1, -0.05) is 41.5 Å². The molecule has 0 saturated carbocycles. The highest BCUT2D eigenvalue weighted by Crippen LogP contribution is 2.52. The van der Waals surface area contributed by atoms with Crippen molar-refractivity contribution in [2.45, 2.75) is 26.0 Å². The number of aryl methyl sites for hydroxylation is 2. The molecule has 0 unspecified atom stereocenters. The molecule has 0 amide bonds. The number of rotatable bonds is 5. The first kappa shape index (κ1) is 23.0. The van der Waals surface area contributed by atoms with Crippen LogP contribution in [0.1, 0.15) is 40.0 Å². The zero-order chi connectivity index (χ0) is 25.7. The van der Waals surface area contributed by atoms with Crippen molar-refractivity contribution in [2.75, 3.05) is 26.6 Å². The second kappa shape index (κ2) is 8.89. The van der Waals surface area contributed by atoms with Crippen LogP contribution in [0.5, 0.6) is 23.0 Å². The molecule has 37 heavy (non-hydrogen) atoms. The van der Waals surface area contributed by atoms with Gasteiger partial charge in [-0.3, -0.25) is 0 Å². The van der Waals surface area contributed by atoms with Gasteiger partial charge in [-0.15, -0.1) is 0 Å². The summed E-state index contributed by atoms with van der Waals surface area (Å²) in [5.41, 5.74) is 7.27. The van der Waals surface area contributed by atoms with Crippen LogP contribution in [0.4, 0.5) is 5.95 Å². The minimum atomic E-state index is -0.463. The van der Waals surface area contributed by atoms with Gasteiger partial charge in [0.25, 0.3) is 0 Å². The lowest BCUT2D eigenvalue weighted by Gasteiger charge is -2.39. The highest BCUT2D eigenvalue weighted by molar-refractivity contribution is 5.85. The fraction of sp³-hybridized carbons (Fsp3) is 0.241. The molecular formula is C29H28N4O4. The highest BCUT2D eigenvalue weighted by Gasteiger charge is 2.41. The van der Waals surface area contributed by atoms with Crippen LogP contribution < -0.4 is 24.3 Å². The van der Waals surface area contributed by atoms with Crippen LogP contribution >= 0.6 is 0 Å². The first-order valence-corrected chi connectivity index (χ1v) is 12.1. The molecule has 2 aliphatic rings. The minimum Gasteiger partial charge on any atom is -0.493 e. The Balaban J connectivity index is 1.63. The number of hydrogen-bond donors (Lipinski definition) is 1. The summed E-state index contributed by atoms with van der Waals surface area (Å²) in [6, 6.07) is 18.4. The third kappa shape index (κ3) is 3.67. The molecule has 1 aromatic heterocycles. The Bertz CT molecular complexity index is 1500. The third-order valence-corrected chi connectivity index (χ3v) is 6.95. The first-order chi connectivity index (χ1) is 18.0. The molecular weight excluding hydrogens is 468 g/mol. The Labute approximate surface area is 215 Å². The summed E-state index contributed by atoms with van der Waals surface area (Å²) < 4.78 is 25.6. The largest absolute Gasteiger partial charge is 0.493 e. The van der Waals surface area contributed by atoms with Crippen molar-refractivity contribution in [3.63, 3.8) is 0 Å². The molecule has 3 heterocycles. The van der Waals surface area contributed by atoms with Crippen molar-refractivity contribution in [3.05, 3.63) is 94.3 Å². The number of methoxy groups -OCH3 is 3. The number of nitrogens with zero attached hydrogens (tertiary/aromatic N) is 3. The van der Waals surface area contributed by atoms with E-state index in [0.717, 1.165) is 39.3 Å². The smallest absolute Gasteiger partial charge is 0.226 e. The van der Waals surface area contributed by atoms with Gasteiger partial charge in [-0.25, -0.2) is 4.68 Å². The molecule has 4 aromatic rings. The van der Waals surface area contributed by atoms with Crippen LogP contribution in [-0.4, -0.2) is 36.1 Å². The van der Waals surface area contributed by atoms with Crippen molar-refractivity contribution in [1.82, 2.24) is 14.8 Å². The van der Waals surface area contributed by atoms with Gasteiger partial charge < -0.3 is 24.3 Å². The minimum absolute atomic E-state index is 0.243. The number of anilines is 1. The van der Waals surface area contributed by atoms with Crippen molar-refractivity contribution in [3.8, 4) is 23.0 Å². The summed E-state index contributed by atoms with van der Waals surface area (Å²) >= 11 is 0. The van der Waals surface area contributed by atoms with Gasteiger partial charge in [0.2, 0.25) is 11.7 Å². The number of hydrogen-bond acceptors (Lipinski definition) is 7. The lowest BCUT2D eigenvalue weighted by molar-refractivity contribution is 0.221. The third-order valence-electron chi connectivity index (χ3n) is 6.95. The SMILES string of the molecule is COc1cc([C@H]2Oc3ccc(C)cc3C3=C2[C@H](c2ccc(C)cc2)n2ncnc2N3)cc(OC)c1OC. The Morgan fingerprint density at radius 3 is 2.22 bits per heavy atom. The van der Waals surface area contributed by atoms with E-state index < -0.39 is 6.10 Å². The fourth-order valence-electron chi connectivity index (χ4n) is 5.18. The molecule has 0 spiro atoms. The van der Waals surface area contributed by atoms with E-state index in [1.165, 1.54) is 5.56 Å². The van der Waals surface area contributed by atoms with E-state index in [0.29, 0.717) is 23.2 Å². The molecule has 0 fully saturated rings. The summed E-state index contributed by atoms with van der Waals surface area (Å²) in [7, 11) is 4.83. The van der Waals surface area contributed by atoms with Crippen LogP contribution in [0.3, 0.4) is 0 Å². The lowest BCUT2D eigenvalue weighted by atomic mass is 9.84. The first-order valence-electron chi connectivity index (χ1n) is 12.1. The summed E-state index contributed by atoms with van der Waals surface area (Å²) in [6.07, 6.45) is 1.11. The second-order valence-electron chi connectivity index (χ2n) is 9.25. The van der Waals surface area contributed by atoms with Crippen LogP contribution in [0.2, 0.25) is 0 Å². The molecule has 0 saturated heterocycles. The maximum absolute atomic E-state index is 6.77. The van der Waals surface area contributed by atoms with Crippen LogP contribution in [0, 0.1) is 13.8 Å². The van der Waals surface area contributed by atoms with Crippen LogP contribution in [0.25, 0.3) is 5.70 Å². The molecule has 0 bridgehead atoms. The predicted molar refractivity (Wildman–Crippen MR) is 141 cm³/mol. The van der Waals surface area contributed by atoms with Crippen LogP contribution in [-0.2, 0) is 0 Å².